The molecule has 10 heteroatoms. The fraction of sp³-hybridized carbons (Fsp3) is 0.235. The summed E-state index contributed by atoms with van der Waals surface area (Å²) >= 11 is 0. The number of methoxy groups -OCH3 is 1. The van der Waals surface area contributed by atoms with Gasteiger partial charge in [0.15, 0.2) is 5.37 Å². The topological polar surface area (TPSA) is 109 Å². The molecular formula is C17H19FN4O4S. The van der Waals surface area contributed by atoms with Crippen LogP contribution in [0.5, 0.6) is 5.75 Å². The van der Waals surface area contributed by atoms with Crippen molar-refractivity contribution in [1.82, 2.24) is 10.9 Å². The second-order valence-electron chi connectivity index (χ2n) is 5.92. The van der Waals surface area contributed by atoms with E-state index in [2.05, 4.69) is 20.9 Å². The van der Waals surface area contributed by atoms with Gasteiger partial charge in [0, 0.05) is 17.9 Å². The number of carbonyl (C=O) groups is 1. The van der Waals surface area contributed by atoms with Crippen molar-refractivity contribution in [2.75, 3.05) is 23.7 Å². The Morgan fingerprint density at radius 2 is 1.74 bits per heavy atom. The van der Waals surface area contributed by atoms with E-state index in [0.717, 1.165) is 0 Å². The van der Waals surface area contributed by atoms with Gasteiger partial charge in [-0.3, -0.25) is 14.9 Å². The summed E-state index contributed by atoms with van der Waals surface area (Å²) in [7, 11) is -2.40. The first-order chi connectivity index (χ1) is 12.9. The molecule has 0 saturated carbocycles. The molecule has 8 nitrogen and oxygen atoms in total. The van der Waals surface area contributed by atoms with Crippen LogP contribution in [0.25, 0.3) is 0 Å². The van der Waals surface area contributed by atoms with Crippen LogP contribution in [-0.2, 0) is 14.8 Å². The maximum absolute atomic E-state index is 13.0. The van der Waals surface area contributed by atoms with Crippen LogP contribution < -0.4 is 25.6 Å². The first-order valence-corrected chi connectivity index (χ1v) is 9.64. The molecule has 0 radical (unpaired) electrons. The number of anilines is 2. The first-order valence-electron chi connectivity index (χ1n) is 8.09. The summed E-state index contributed by atoms with van der Waals surface area (Å²) in [4.78, 5) is 12.5. The highest BCUT2D eigenvalue weighted by atomic mass is 32.2. The Hall–Kier alpha value is -2.69. The molecular weight excluding hydrogens is 375 g/mol. The Morgan fingerprint density at radius 1 is 1.11 bits per heavy atom. The lowest BCUT2D eigenvalue weighted by atomic mass is 10.1. The van der Waals surface area contributed by atoms with Gasteiger partial charge in [0.05, 0.1) is 13.0 Å². The van der Waals surface area contributed by atoms with Crippen molar-refractivity contribution in [3.05, 3.63) is 54.3 Å². The van der Waals surface area contributed by atoms with Gasteiger partial charge < -0.3 is 10.1 Å². The highest BCUT2D eigenvalue weighted by Crippen LogP contribution is 2.21. The molecule has 1 fully saturated rings. The highest BCUT2D eigenvalue weighted by Gasteiger charge is 2.41. The molecule has 2 atom stereocenters. The van der Waals surface area contributed by atoms with Gasteiger partial charge >= 0.3 is 0 Å². The molecule has 1 saturated heterocycles. The van der Waals surface area contributed by atoms with Crippen molar-refractivity contribution < 1.29 is 22.3 Å². The number of sulfonamides is 1. The van der Waals surface area contributed by atoms with Crippen molar-refractivity contribution in [2.24, 2.45) is 5.92 Å². The average molecular weight is 394 g/mol. The molecule has 2 aromatic rings. The van der Waals surface area contributed by atoms with Crippen molar-refractivity contribution in [3.8, 4) is 5.75 Å². The lowest BCUT2D eigenvalue weighted by Gasteiger charge is -2.19. The van der Waals surface area contributed by atoms with Crippen LogP contribution in [-0.4, -0.2) is 33.4 Å². The lowest BCUT2D eigenvalue weighted by molar-refractivity contribution is -0.119. The van der Waals surface area contributed by atoms with Crippen LogP contribution in [0, 0.1) is 11.7 Å². The minimum Gasteiger partial charge on any atom is -0.497 e. The van der Waals surface area contributed by atoms with Gasteiger partial charge in [0.25, 0.3) is 10.0 Å². The van der Waals surface area contributed by atoms with Crippen molar-refractivity contribution >= 4 is 27.3 Å². The Bertz CT molecular complexity index is 904. The molecule has 0 aromatic heterocycles. The Kier molecular flexibility index (Phi) is 5.59. The highest BCUT2D eigenvalue weighted by molar-refractivity contribution is 7.93. The summed E-state index contributed by atoms with van der Waals surface area (Å²) < 4.78 is 45.8. The second kappa shape index (κ2) is 7.91. The fourth-order valence-electron chi connectivity index (χ4n) is 2.66. The summed E-state index contributed by atoms with van der Waals surface area (Å²) in [5, 5.41) is 1.42. The Labute approximate surface area is 156 Å². The molecule has 0 spiro atoms. The number of ether oxygens (including phenoxy) is 1. The number of benzene rings is 2. The van der Waals surface area contributed by atoms with E-state index < -0.39 is 33.0 Å². The molecule has 0 bridgehead atoms. The molecule has 2 aromatic carbocycles. The van der Waals surface area contributed by atoms with Crippen LogP contribution in [0.1, 0.15) is 0 Å². The van der Waals surface area contributed by atoms with Crippen LogP contribution >= 0.6 is 0 Å². The number of hydrogen-bond donors (Lipinski definition) is 4. The summed E-state index contributed by atoms with van der Waals surface area (Å²) in [6, 6.07) is 11.6. The minimum atomic E-state index is -3.91. The zero-order valence-electron chi connectivity index (χ0n) is 14.4. The number of carbonyl (C=O) groups excluding carboxylic acids is 1. The van der Waals surface area contributed by atoms with Gasteiger partial charge in [0.2, 0.25) is 5.91 Å². The zero-order chi connectivity index (χ0) is 19.4. The maximum atomic E-state index is 13.0. The summed E-state index contributed by atoms with van der Waals surface area (Å²) in [6.45, 7) is 0.126. The van der Waals surface area contributed by atoms with Gasteiger partial charge in [0.1, 0.15) is 11.6 Å². The predicted molar refractivity (Wildman–Crippen MR) is 99.0 cm³/mol. The number of nitrogens with one attached hydrogen (secondary N) is 4. The van der Waals surface area contributed by atoms with E-state index in [4.69, 9.17) is 4.74 Å². The van der Waals surface area contributed by atoms with Crippen LogP contribution in [0.2, 0.25) is 0 Å². The van der Waals surface area contributed by atoms with Crippen LogP contribution in [0.3, 0.4) is 0 Å². The molecule has 2 unspecified atom stereocenters. The molecule has 1 aliphatic rings. The number of halogens is 1. The van der Waals surface area contributed by atoms with Gasteiger partial charge in [-0.25, -0.2) is 18.2 Å². The fourth-order valence-corrected chi connectivity index (χ4v) is 4.14. The van der Waals surface area contributed by atoms with Gasteiger partial charge in [-0.15, -0.1) is 0 Å². The molecule has 3 rings (SSSR count). The zero-order valence-corrected chi connectivity index (χ0v) is 15.2. The number of amides is 1. The normalized spacial score (nSPS) is 19.5. The Morgan fingerprint density at radius 3 is 2.37 bits per heavy atom. The summed E-state index contributed by atoms with van der Waals surface area (Å²) in [5.41, 5.74) is 6.05. The van der Waals surface area contributed by atoms with E-state index in [1.165, 1.54) is 31.4 Å². The van der Waals surface area contributed by atoms with Crippen molar-refractivity contribution in [2.45, 2.75) is 5.37 Å². The number of hydrazine groups is 1. The largest absolute Gasteiger partial charge is 0.497 e. The third-order valence-electron chi connectivity index (χ3n) is 4.06. The third kappa shape index (κ3) is 4.54. The lowest BCUT2D eigenvalue weighted by Crippen LogP contribution is -2.45. The van der Waals surface area contributed by atoms with Crippen molar-refractivity contribution in [1.29, 1.82) is 0 Å². The summed E-state index contributed by atoms with van der Waals surface area (Å²) in [6.07, 6.45) is 0. The standard InChI is InChI=1S/C17H19FN4O4S/c1-26-14-8-6-13(7-9-14)22-27(24,25)17-15(10-19-21-17)16(23)20-12-4-2-11(18)3-5-12/h2-9,15,17,19,21-22H,10H2,1H3,(H,20,23). The predicted octanol–water partition coefficient (Wildman–Crippen LogP) is 1.26. The van der Waals surface area contributed by atoms with Crippen molar-refractivity contribution in [3.63, 3.8) is 0 Å². The molecule has 1 aliphatic heterocycles. The first kappa shape index (κ1) is 19.1. The SMILES string of the molecule is COc1ccc(NS(=O)(=O)C2NNCC2C(=O)Nc2ccc(F)cc2)cc1. The van der Waals surface area contributed by atoms with Gasteiger partial charge in [-0.1, -0.05) is 0 Å². The molecule has 27 heavy (non-hydrogen) atoms. The van der Waals surface area contributed by atoms with Gasteiger partial charge in [-0.05, 0) is 48.5 Å². The van der Waals surface area contributed by atoms with Crippen LogP contribution in [0.15, 0.2) is 48.5 Å². The van der Waals surface area contributed by atoms with E-state index in [1.807, 2.05) is 0 Å². The average Bonchev–Trinajstić information content (AvgIpc) is 3.15. The quantitative estimate of drug-likeness (QED) is 0.588. The number of rotatable bonds is 6. The van der Waals surface area contributed by atoms with E-state index >= 15 is 0 Å². The molecule has 1 amide bonds. The molecule has 1 heterocycles. The molecule has 4 N–H and O–H groups in total. The summed E-state index contributed by atoms with van der Waals surface area (Å²) in [5.74, 6) is -1.22. The Balaban J connectivity index is 1.71. The minimum absolute atomic E-state index is 0.126. The molecule has 0 aliphatic carbocycles. The van der Waals surface area contributed by atoms with E-state index in [0.29, 0.717) is 17.1 Å². The van der Waals surface area contributed by atoms with E-state index in [9.17, 15) is 17.6 Å². The number of hydrogen-bond acceptors (Lipinski definition) is 6. The third-order valence-corrected chi connectivity index (χ3v) is 5.70. The van der Waals surface area contributed by atoms with E-state index in [1.54, 1.807) is 24.3 Å². The molecule has 144 valence electrons. The van der Waals surface area contributed by atoms with E-state index in [-0.39, 0.29) is 6.54 Å². The monoisotopic (exact) mass is 394 g/mol. The second-order valence-corrected chi connectivity index (χ2v) is 7.73. The van der Waals surface area contributed by atoms with Gasteiger partial charge in [-0.2, -0.15) is 0 Å². The maximum Gasteiger partial charge on any atom is 0.250 e. The van der Waals surface area contributed by atoms with Crippen LogP contribution in [0.4, 0.5) is 15.8 Å². The smallest absolute Gasteiger partial charge is 0.250 e.